The van der Waals surface area contributed by atoms with Gasteiger partial charge in [0.25, 0.3) is 5.91 Å². The number of aromatic nitrogens is 1. The molecule has 2 aliphatic heterocycles. The van der Waals surface area contributed by atoms with Gasteiger partial charge in [-0.1, -0.05) is 26.0 Å². The van der Waals surface area contributed by atoms with Gasteiger partial charge in [-0.3, -0.25) is 14.7 Å². The first-order valence-corrected chi connectivity index (χ1v) is 18.0. The van der Waals surface area contributed by atoms with Crippen molar-refractivity contribution in [3.8, 4) is 0 Å². The first-order chi connectivity index (χ1) is 23.9. The number of methoxy groups -OCH3 is 1. The first-order valence-electron chi connectivity index (χ1n) is 18.0. The molecule has 1 amide bonds. The fourth-order valence-electron chi connectivity index (χ4n) is 6.94. The molecule has 8 nitrogen and oxygen atoms in total. The van der Waals surface area contributed by atoms with Crippen LogP contribution in [0.3, 0.4) is 0 Å². The SMILES string of the molecule is CCCN(CCC)CC1CCN(C(=O)c2cc(F)c(C3CCN(CC=Cc4cnccc4N/C=C\C(=C/COC)NC)CC3)c(F)c2)CC1. The third-order valence-corrected chi connectivity index (χ3v) is 9.59. The van der Waals surface area contributed by atoms with Gasteiger partial charge in [-0.25, -0.2) is 8.78 Å². The van der Waals surface area contributed by atoms with Crippen molar-refractivity contribution >= 4 is 17.7 Å². The van der Waals surface area contributed by atoms with Crippen LogP contribution < -0.4 is 10.6 Å². The number of anilines is 1. The van der Waals surface area contributed by atoms with Crippen molar-refractivity contribution in [1.82, 2.24) is 25.0 Å². The highest BCUT2D eigenvalue weighted by atomic mass is 19.1. The average molecular weight is 679 g/mol. The monoisotopic (exact) mass is 678 g/mol. The quantitative estimate of drug-likeness (QED) is 0.177. The van der Waals surface area contributed by atoms with E-state index in [0.717, 1.165) is 81.9 Å². The van der Waals surface area contributed by atoms with E-state index in [1.807, 2.05) is 43.7 Å². The summed E-state index contributed by atoms with van der Waals surface area (Å²) >= 11 is 0. The second-order valence-corrected chi connectivity index (χ2v) is 13.2. The number of carbonyl (C=O) groups is 1. The van der Waals surface area contributed by atoms with E-state index >= 15 is 8.78 Å². The number of likely N-dealkylation sites (tertiary alicyclic amines) is 2. The van der Waals surface area contributed by atoms with E-state index in [1.165, 1.54) is 12.1 Å². The van der Waals surface area contributed by atoms with Gasteiger partial charge in [0.15, 0.2) is 0 Å². The number of ether oxygens (including phenoxy) is 1. The average Bonchev–Trinajstić information content (AvgIpc) is 3.11. The van der Waals surface area contributed by atoms with Gasteiger partial charge in [0.1, 0.15) is 11.6 Å². The molecule has 10 heteroatoms. The highest BCUT2D eigenvalue weighted by Gasteiger charge is 2.29. The number of hydrogen-bond acceptors (Lipinski definition) is 7. The molecule has 1 aromatic heterocycles. The molecule has 0 saturated carbocycles. The van der Waals surface area contributed by atoms with Gasteiger partial charge in [0.05, 0.1) is 6.61 Å². The van der Waals surface area contributed by atoms with Crippen LogP contribution in [0.5, 0.6) is 0 Å². The Kier molecular flexibility index (Phi) is 15.7. The zero-order valence-electron chi connectivity index (χ0n) is 29.9. The molecular weight excluding hydrogens is 622 g/mol. The summed E-state index contributed by atoms with van der Waals surface area (Å²) in [6.45, 7) is 11.7. The summed E-state index contributed by atoms with van der Waals surface area (Å²) in [5.74, 6) is -1.14. The lowest BCUT2D eigenvalue weighted by Crippen LogP contribution is -2.42. The Morgan fingerprint density at radius 1 is 1.06 bits per heavy atom. The van der Waals surface area contributed by atoms with Gasteiger partial charge in [0, 0.05) is 87.0 Å². The molecule has 3 heterocycles. The Morgan fingerprint density at radius 2 is 1.76 bits per heavy atom. The van der Waals surface area contributed by atoms with Crippen molar-refractivity contribution in [2.45, 2.75) is 58.3 Å². The second-order valence-electron chi connectivity index (χ2n) is 13.2. The lowest BCUT2D eigenvalue weighted by Gasteiger charge is -2.35. The van der Waals surface area contributed by atoms with Crippen molar-refractivity contribution < 1.29 is 18.3 Å². The van der Waals surface area contributed by atoms with Crippen LogP contribution in [0.4, 0.5) is 14.5 Å². The Bertz CT molecular complexity index is 1380. The molecular formula is C39H56F2N6O2. The number of nitrogens with one attached hydrogen (secondary N) is 2. The van der Waals surface area contributed by atoms with Crippen molar-refractivity contribution in [3.63, 3.8) is 0 Å². The van der Waals surface area contributed by atoms with Crippen LogP contribution >= 0.6 is 0 Å². The van der Waals surface area contributed by atoms with E-state index < -0.39 is 11.6 Å². The third kappa shape index (κ3) is 11.5. The molecule has 49 heavy (non-hydrogen) atoms. The van der Waals surface area contributed by atoms with Gasteiger partial charge in [-0.2, -0.15) is 0 Å². The minimum Gasteiger partial charge on any atom is -0.388 e. The Hall–Kier alpha value is -3.60. The summed E-state index contributed by atoms with van der Waals surface area (Å²) in [7, 11) is 3.52. The van der Waals surface area contributed by atoms with E-state index in [2.05, 4.69) is 45.3 Å². The van der Waals surface area contributed by atoms with Crippen LogP contribution in [0.1, 0.15) is 79.8 Å². The van der Waals surface area contributed by atoms with Crippen LogP contribution in [-0.2, 0) is 4.74 Å². The highest BCUT2D eigenvalue weighted by Crippen LogP contribution is 2.33. The van der Waals surface area contributed by atoms with Gasteiger partial charge in [-0.05, 0) is 107 Å². The lowest BCUT2D eigenvalue weighted by molar-refractivity contribution is 0.0665. The fraction of sp³-hybridized carbons (Fsp3) is 0.538. The number of likely N-dealkylation sites (N-methyl/N-ethyl adjacent to an activating group) is 1. The van der Waals surface area contributed by atoms with Crippen molar-refractivity contribution in [2.24, 2.45) is 5.92 Å². The normalized spacial score (nSPS) is 17.1. The number of nitrogens with zero attached hydrogens (tertiary/aromatic N) is 4. The molecule has 0 spiro atoms. The number of carbonyl (C=O) groups excluding carboxylic acids is 1. The summed E-state index contributed by atoms with van der Waals surface area (Å²) in [4.78, 5) is 24.1. The number of halogens is 2. The predicted octanol–water partition coefficient (Wildman–Crippen LogP) is 6.90. The van der Waals surface area contributed by atoms with E-state index in [0.29, 0.717) is 38.5 Å². The summed E-state index contributed by atoms with van der Waals surface area (Å²) in [5, 5.41) is 6.44. The van der Waals surface area contributed by atoms with E-state index in [1.54, 1.807) is 18.2 Å². The Balaban J connectivity index is 1.27. The molecule has 1 aromatic carbocycles. The Labute approximate surface area is 292 Å². The number of rotatable bonds is 17. The maximum atomic E-state index is 15.4. The van der Waals surface area contributed by atoms with Crippen molar-refractivity contribution in [2.75, 3.05) is 78.4 Å². The van der Waals surface area contributed by atoms with Gasteiger partial charge < -0.3 is 25.2 Å². The highest BCUT2D eigenvalue weighted by molar-refractivity contribution is 5.94. The maximum Gasteiger partial charge on any atom is 0.254 e. The Morgan fingerprint density at radius 3 is 2.39 bits per heavy atom. The molecule has 2 fully saturated rings. The molecule has 2 N–H and O–H groups in total. The molecule has 0 radical (unpaired) electrons. The molecule has 2 aliphatic rings. The molecule has 2 aromatic rings. The molecule has 268 valence electrons. The summed E-state index contributed by atoms with van der Waals surface area (Å²) in [6, 6.07) is 4.44. The van der Waals surface area contributed by atoms with Crippen LogP contribution in [0.15, 0.2) is 60.7 Å². The van der Waals surface area contributed by atoms with Crippen LogP contribution in [0, 0.1) is 17.6 Å². The number of pyridine rings is 1. The van der Waals surface area contributed by atoms with Crippen LogP contribution in [-0.4, -0.2) is 98.7 Å². The van der Waals surface area contributed by atoms with Gasteiger partial charge >= 0.3 is 0 Å². The molecule has 0 atom stereocenters. The smallest absolute Gasteiger partial charge is 0.254 e. The molecule has 0 unspecified atom stereocenters. The van der Waals surface area contributed by atoms with E-state index in [9.17, 15) is 4.79 Å². The fourth-order valence-corrected chi connectivity index (χ4v) is 6.94. The summed E-state index contributed by atoms with van der Waals surface area (Å²) in [5.41, 5.74) is 3.07. The van der Waals surface area contributed by atoms with Crippen molar-refractivity contribution in [3.05, 3.63) is 89.0 Å². The predicted molar refractivity (Wildman–Crippen MR) is 195 cm³/mol. The number of hydrogen-bond donors (Lipinski definition) is 2. The summed E-state index contributed by atoms with van der Waals surface area (Å²) < 4.78 is 36.0. The molecule has 0 aliphatic carbocycles. The molecule has 0 bridgehead atoms. The van der Waals surface area contributed by atoms with Gasteiger partial charge in [-0.15, -0.1) is 0 Å². The van der Waals surface area contributed by atoms with Crippen LogP contribution in [0.25, 0.3) is 6.08 Å². The number of piperidine rings is 2. The maximum absolute atomic E-state index is 15.4. The summed E-state index contributed by atoms with van der Waals surface area (Å²) in [6.07, 6.45) is 18.9. The first kappa shape index (κ1) is 38.2. The standard InChI is InChI=1S/C39H56F2N6O2/c1-5-18-46(19-6-2)29-30-11-23-47(24-12-30)39(48)33-26-35(40)38(36(41)27-33)31-13-21-45(22-14-31)20-7-8-32-28-43-16-10-37(32)44-17-9-34(42-3)15-25-49-4/h7-10,15-17,26-28,30-31,42H,5-6,11-14,18-25,29H2,1-4H3,(H,43,44)/b8-7?,17-9-,34-15+. The van der Waals surface area contributed by atoms with E-state index in [4.69, 9.17) is 4.74 Å². The minimum absolute atomic E-state index is 0.114. The zero-order valence-corrected chi connectivity index (χ0v) is 29.9. The zero-order chi connectivity index (χ0) is 35.0. The number of amides is 1. The molecule has 2 saturated heterocycles. The van der Waals surface area contributed by atoms with E-state index in [-0.39, 0.29) is 23.0 Å². The third-order valence-electron chi connectivity index (χ3n) is 9.59. The lowest BCUT2D eigenvalue weighted by atomic mass is 9.87. The van der Waals surface area contributed by atoms with Crippen molar-refractivity contribution in [1.29, 1.82) is 0 Å². The minimum atomic E-state index is -0.604. The molecule has 4 rings (SSSR count). The topological polar surface area (TPSA) is 73.0 Å². The number of allylic oxidation sites excluding steroid dienone is 1. The largest absolute Gasteiger partial charge is 0.388 e. The number of benzene rings is 1. The van der Waals surface area contributed by atoms with Crippen LogP contribution in [0.2, 0.25) is 0 Å². The van der Waals surface area contributed by atoms with Gasteiger partial charge in [0.2, 0.25) is 0 Å². The second kappa shape index (κ2) is 20.2.